The molecule has 1 amide bonds. The molecule has 2 aromatic carbocycles. The van der Waals surface area contributed by atoms with Crippen molar-refractivity contribution in [2.24, 2.45) is 17.8 Å². The van der Waals surface area contributed by atoms with Crippen LogP contribution in [0.1, 0.15) is 139 Å². The van der Waals surface area contributed by atoms with Crippen LogP contribution in [0.4, 0.5) is 5.69 Å². The zero-order valence-corrected chi connectivity index (χ0v) is 30.9. The lowest BCUT2D eigenvalue weighted by molar-refractivity contribution is -0.121. The van der Waals surface area contributed by atoms with Gasteiger partial charge in [0.05, 0.1) is 12.7 Å². The SMILES string of the molecule is C=C(C)C(C)CCC[C@@H](CC(=O)c1cc(NC(=O)C(C)C)ccc1C)C(C)=O.CC.CC.CC.COc1ccccc1C(C)=O.[HH].[HH].[HH]. The first-order valence-corrected chi connectivity index (χ1v) is 16.5. The Morgan fingerprint density at radius 3 is 1.84 bits per heavy atom. The molecule has 0 aliphatic carbocycles. The van der Waals surface area contributed by atoms with E-state index in [0.717, 1.165) is 24.0 Å². The van der Waals surface area contributed by atoms with Crippen LogP contribution in [0.25, 0.3) is 0 Å². The van der Waals surface area contributed by atoms with Crippen LogP contribution < -0.4 is 10.1 Å². The van der Waals surface area contributed by atoms with Gasteiger partial charge in [-0.2, -0.15) is 0 Å². The average Bonchev–Trinajstić information content (AvgIpc) is 3.04. The lowest BCUT2D eigenvalue weighted by Gasteiger charge is -2.16. The smallest absolute Gasteiger partial charge is 0.226 e. The first kappa shape index (κ1) is 45.9. The van der Waals surface area contributed by atoms with Crippen molar-refractivity contribution < 1.29 is 28.2 Å². The summed E-state index contributed by atoms with van der Waals surface area (Å²) in [5.74, 6) is 0.608. The lowest BCUT2D eigenvalue weighted by Crippen LogP contribution is -2.19. The van der Waals surface area contributed by atoms with Gasteiger partial charge in [-0.1, -0.05) is 99.1 Å². The Labute approximate surface area is 279 Å². The molecular formula is C39H69NO5. The number of carbonyl (C=O) groups is 4. The lowest BCUT2D eigenvalue weighted by atomic mass is 9.87. The van der Waals surface area contributed by atoms with Crippen molar-refractivity contribution in [1.29, 1.82) is 0 Å². The third kappa shape index (κ3) is 18.8. The van der Waals surface area contributed by atoms with E-state index in [1.807, 2.05) is 87.4 Å². The molecule has 2 aromatic rings. The Balaban J connectivity index is -0.000000185. The fourth-order valence-corrected chi connectivity index (χ4v) is 3.92. The summed E-state index contributed by atoms with van der Waals surface area (Å²) in [6.07, 6.45) is 2.79. The highest BCUT2D eigenvalue weighted by molar-refractivity contribution is 6.01. The van der Waals surface area contributed by atoms with Crippen LogP contribution in [-0.4, -0.2) is 30.4 Å². The summed E-state index contributed by atoms with van der Waals surface area (Å²) in [6, 6.07) is 12.5. The second-order valence-electron chi connectivity index (χ2n) is 10.5. The van der Waals surface area contributed by atoms with Crippen LogP contribution >= 0.6 is 0 Å². The summed E-state index contributed by atoms with van der Waals surface area (Å²) >= 11 is 0. The van der Waals surface area contributed by atoms with E-state index < -0.39 is 0 Å². The largest absolute Gasteiger partial charge is 0.496 e. The number of aryl methyl sites for hydroxylation is 1. The molecule has 0 heterocycles. The molecule has 45 heavy (non-hydrogen) atoms. The number of nitrogens with one attached hydrogen (secondary N) is 1. The minimum Gasteiger partial charge on any atom is -0.496 e. The molecule has 0 radical (unpaired) electrons. The molecule has 1 N–H and O–H groups in total. The van der Waals surface area contributed by atoms with E-state index in [4.69, 9.17) is 4.74 Å². The summed E-state index contributed by atoms with van der Waals surface area (Å²) in [5.41, 5.74) is 3.82. The summed E-state index contributed by atoms with van der Waals surface area (Å²) in [7, 11) is 1.56. The number of benzene rings is 2. The molecule has 2 atom stereocenters. The van der Waals surface area contributed by atoms with Crippen molar-refractivity contribution in [2.75, 3.05) is 12.4 Å². The van der Waals surface area contributed by atoms with Gasteiger partial charge in [0.25, 0.3) is 0 Å². The molecule has 260 valence electrons. The average molecular weight is 632 g/mol. The minimum atomic E-state index is -0.266. The second kappa shape index (κ2) is 26.8. The highest BCUT2D eigenvalue weighted by Gasteiger charge is 2.21. The highest BCUT2D eigenvalue weighted by Crippen LogP contribution is 2.24. The van der Waals surface area contributed by atoms with Crippen molar-refractivity contribution in [1.82, 2.24) is 0 Å². The number of allylic oxidation sites excluding steroid dienone is 1. The normalized spacial score (nSPS) is 10.8. The molecular weight excluding hydrogens is 562 g/mol. The van der Waals surface area contributed by atoms with Gasteiger partial charge >= 0.3 is 0 Å². The first-order valence-electron chi connectivity index (χ1n) is 16.5. The predicted molar refractivity (Wildman–Crippen MR) is 199 cm³/mol. The first-order chi connectivity index (χ1) is 21.3. The molecule has 2 rings (SSSR count). The number of hydrogen-bond acceptors (Lipinski definition) is 5. The van der Waals surface area contributed by atoms with Crippen LogP contribution in [-0.2, 0) is 9.59 Å². The van der Waals surface area contributed by atoms with Crippen molar-refractivity contribution in [3.8, 4) is 5.75 Å². The van der Waals surface area contributed by atoms with Gasteiger partial charge in [-0.3, -0.25) is 19.2 Å². The molecule has 1 unspecified atom stereocenters. The van der Waals surface area contributed by atoms with E-state index in [9.17, 15) is 19.2 Å². The fourth-order valence-electron chi connectivity index (χ4n) is 3.92. The summed E-state index contributed by atoms with van der Waals surface area (Å²) in [5, 5.41) is 2.83. The number of amides is 1. The number of rotatable bonds is 13. The Hall–Kier alpha value is -3.54. The quantitative estimate of drug-likeness (QED) is 0.175. The number of Topliss-reactive ketones (excluding diaryl/α,β-unsaturated/α-hetero) is 3. The molecule has 0 aliphatic rings. The van der Waals surface area contributed by atoms with E-state index >= 15 is 0 Å². The molecule has 0 aliphatic heterocycles. The summed E-state index contributed by atoms with van der Waals surface area (Å²) in [6.45, 7) is 28.7. The second-order valence-corrected chi connectivity index (χ2v) is 10.5. The third-order valence-corrected chi connectivity index (χ3v) is 6.85. The topological polar surface area (TPSA) is 89.5 Å². The Morgan fingerprint density at radius 2 is 1.40 bits per heavy atom. The molecule has 0 fully saturated rings. The molecule has 0 spiro atoms. The van der Waals surface area contributed by atoms with Gasteiger partial charge in [-0.05, 0) is 76.3 Å². The molecule has 0 aromatic heterocycles. The maximum absolute atomic E-state index is 12.9. The summed E-state index contributed by atoms with van der Waals surface area (Å²) < 4.78 is 4.99. The number of ketones is 3. The number of methoxy groups -OCH3 is 1. The van der Waals surface area contributed by atoms with Gasteiger partial charge in [0.15, 0.2) is 11.6 Å². The van der Waals surface area contributed by atoms with Crippen LogP contribution in [0.5, 0.6) is 5.75 Å². The van der Waals surface area contributed by atoms with Gasteiger partial charge < -0.3 is 10.1 Å². The van der Waals surface area contributed by atoms with E-state index in [0.29, 0.717) is 34.9 Å². The maximum atomic E-state index is 12.9. The minimum absolute atomic E-state index is 0. The van der Waals surface area contributed by atoms with E-state index in [1.165, 1.54) is 6.92 Å². The zero-order chi connectivity index (χ0) is 35.7. The maximum Gasteiger partial charge on any atom is 0.226 e. The zero-order valence-electron chi connectivity index (χ0n) is 30.9. The van der Waals surface area contributed by atoms with Gasteiger partial charge in [-0.15, -0.1) is 0 Å². The van der Waals surface area contributed by atoms with Crippen molar-refractivity contribution >= 4 is 28.9 Å². The standard InChI is InChI=1S/C24H35NO3.C9H10O2.3C2H6.3H2/c1-15(2)17(5)9-8-10-20(19(7)26)13-23(27)22-14-21(12-11-18(22)6)25-24(28)16(3)4;1-7(10)8-5-3-4-6-9(8)11-2;3*1-2;;;/h11-12,14,16-17,20H,1,8-10,13H2,2-7H3,(H,25,28);3-6H,1-2H3;3*1-2H3;3*1H/t17?,20-;;;;;;;/m0......./s1. The van der Waals surface area contributed by atoms with Crippen molar-refractivity contribution in [2.45, 2.75) is 116 Å². The number of hydrogen-bond donors (Lipinski definition) is 1. The number of carbonyl (C=O) groups excluding carboxylic acids is 4. The Morgan fingerprint density at radius 1 is 0.844 bits per heavy atom. The monoisotopic (exact) mass is 632 g/mol. The summed E-state index contributed by atoms with van der Waals surface area (Å²) in [4.78, 5) is 47.8. The Bertz CT molecular complexity index is 1180. The molecule has 0 bridgehead atoms. The van der Waals surface area contributed by atoms with Crippen molar-refractivity contribution in [3.63, 3.8) is 0 Å². The molecule has 6 nitrogen and oxygen atoms in total. The van der Waals surface area contributed by atoms with Crippen LogP contribution in [0.2, 0.25) is 0 Å². The van der Waals surface area contributed by atoms with Gasteiger partial charge in [-0.25, -0.2) is 0 Å². The Kier molecular flexibility index (Phi) is 27.4. The fraction of sp³-hybridized carbons (Fsp3) is 0.538. The van der Waals surface area contributed by atoms with Crippen LogP contribution in [0.3, 0.4) is 0 Å². The molecule has 6 heteroatoms. The van der Waals surface area contributed by atoms with Crippen LogP contribution in [0.15, 0.2) is 54.6 Å². The molecule has 0 saturated carbocycles. The van der Waals surface area contributed by atoms with E-state index in [-0.39, 0.29) is 45.8 Å². The predicted octanol–water partition coefficient (Wildman–Crippen LogP) is 11.5. The van der Waals surface area contributed by atoms with Crippen LogP contribution in [0, 0.1) is 24.7 Å². The van der Waals surface area contributed by atoms with Gasteiger partial charge in [0, 0.05) is 33.8 Å². The highest BCUT2D eigenvalue weighted by atomic mass is 16.5. The van der Waals surface area contributed by atoms with E-state index in [2.05, 4.69) is 18.8 Å². The number of anilines is 1. The molecule has 0 saturated heterocycles. The van der Waals surface area contributed by atoms with Gasteiger partial charge in [0.2, 0.25) is 5.91 Å². The van der Waals surface area contributed by atoms with Crippen molar-refractivity contribution in [3.05, 3.63) is 71.3 Å². The van der Waals surface area contributed by atoms with Gasteiger partial charge in [0.1, 0.15) is 11.5 Å². The number of ether oxygens (including phenoxy) is 1. The third-order valence-electron chi connectivity index (χ3n) is 6.85. The van der Waals surface area contributed by atoms with E-state index in [1.54, 1.807) is 38.3 Å². The number of para-hydroxylation sites is 1.